The molecule has 0 saturated carbocycles. The van der Waals surface area contributed by atoms with Gasteiger partial charge >= 0.3 is 0 Å². The van der Waals surface area contributed by atoms with Crippen molar-refractivity contribution in [3.05, 3.63) is 88.3 Å². The van der Waals surface area contributed by atoms with Gasteiger partial charge in [0.25, 0.3) is 0 Å². The Morgan fingerprint density at radius 3 is 2.40 bits per heavy atom. The van der Waals surface area contributed by atoms with E-state index in [1.807, 2.05) is 6.08 Å². The summed E-state index contributed by atoms with van der Waals surface area (Å²) in [6.07, 6.45) is 38.6. The predicted molar refractivity (Wildman–Crippen MR) is 205 cm³/mol. The van der Waals surface area contributed by atoms with Crippen molar-refractivity contribution in [3.8, 4) is 0 Å². The molecule has 4 aliphatic carbocycles. The molecule has 0 radical (unpaired) electrons. The molecule has 0 saturated heterocycles. The Balaban J connectivity index is 1.75. The lowest BCUT2D eigenvalue weighted by Gasteiger charge is -2.51. The molecule has 0 heterocycles. The molecule has 0 bridgehead atoms. The molecule has 0 fully saturated rings. The maximum absolute atomic E-state index is 6.43. The van der Waals surface area contributed by atoms with Gasteiger partial charge in [0.15, 0.2) is 0 Å². The van der Waals surface area contributed by atoms with Crippen LogP contribution >= 0.6 is 0 Å². The van der Waals surface area contributed by atoms with Crippen molar-refractivity contribution in [1.82, 2.24) is 0 Å². The number of unbranched alkanes of at least 4 members (excludes halogenated alkanes) is 3. The first-order valence-corrected chi connectivity index (χ1v) is 19.9. The van der Waals surface area contributed by atoms with Gasteiger partial charge < -0.3 is 4.74 Å². The normalized spacial score (nSPS) is 30.6. The highest BCUT2D eigenvalue weighted by atomic mass is 16.5. The fourth-order valence-electron chi connectivity index (χ4n) is 9.50. The van der Waals surface area contributed by atoms with Crippen molar-refractivity contribution >= 4 is 0 Å². The van der Waals surface area contributed by atoms with E-state index in [-0.39, 0.29) is 6.10 Å². The fourth-order valence-corrected chi connectivity index (χ4v) is 9.50. The molecular weight excluding hydrogens is 569 g/mol. The number of hydrogen-bond acceptors (Lipinski definition) is 1. The molecule has 0 amide bonds. The Hall–Kier alpha value is -2.08. The van der Waals surface area contributed by atoms with E-state index in [0.29, 0.717) is 41.4 Å². The molecule has 0 aromatic heterocycles. The van der Waals surface area contributed by atoms with E-state index in [4.69, 9.17) is 4.74 Å². The van der Waals surface area contributed by atoms with E-state index in [1.165, 1.54) is 77.0 Å². The lowest BCUT2D eigenvalue weighted by atomic mass is 9.53. The molecule has 260 valence electrons. The highest BCUT2D eigenvalue weighted by molar-refractivity contribution is 5.35. The molecule has 9 unspecified atom stereocenters. The zero-order valence-electron chi connectivity index (χ0n) is 31.7. The van der Waals surface area contributed by atoms with E-state index in [0.717, 1.165) is 18.9 Å². The lowest BCUT2D eigenvalue weighted by Crippen LogP contribution is -2.44. The van der Waals surface area contributed by atoms with Gasteiger partial charge in [-0.05, 0) is 118 Å². The zero-order valence-corrected chi connectivity index (χ0v) is 31.7. The molecule has 1 nitrogen and oxygen atoms in total. The summed E-state index contributed by atoms with van der Waals surface area (Å²) in [7, 11) is 0. The monoisotopic (exact) mass is 639 g/mol. The molecule has 0 aromatic carbocycles. The van der Waals surface area contributed by atoms with Crippen LogP contribution in [-0.2, 0) is 4.74 Å². The number of ether oxygens (including phenoxy) is 1. The smallest absolute Gasteiger partial charge is 0.0793 e. The van der Waals surface area contributed by atoms with E-state index in [2.05, 4.69) is 110 Å². The Morgan fingerprint density at radius 1 is 0.936 bits per heavy atom. The molecule has 0 N–H and O–H groups in total. The second-order valence-corrected chi connectivity index (χ2v) is 15.7. The lowest BCUT2D eigenvalue weighted by molar-refractivity contribution is 0.0584. The Morgan fingerprint density at radius 2 is 1.70 bits per heavy atom. The van der Waals surface area contributed by atoms with Crippen molar-refractivity contribution in [1.29, 1.82) is 0 Å². The second kappa shape index (κ2) is 19.2. The number of allylic oxidation sites excluding steroid dienone is 11. The molecule has 0 aromatic rings. The summed E-state index contributed by atoms with van der Waals surface area (Å²) in [5, 5.41) is 0. The molecular formula is C46H70O. The topological polar surface area (TPSA) is 9.23 Å². The third-order valence-electron chi connectivity index (χ3n) is 12.2. The van der Waals surface area contributed by atoms with Gasteiger partial charge in [0.05, 0.1) is 6.10 Å². The minimum absolute atomic E-state index is 0.250. The van der Waals surface area contributed by atoms with Gasteiger partial charge in [-0.1, -0.05) is 138 Å². The van der Waals surface area contributed by atoms with Crippen molar-refractivity contribution in [2.75, 3.05) is 6.61 Å². The summed E-state index contributed by atoms with van der Waals surface area (Å²) >= 11 is 0. The summed E-state index contributed by atoms with van der Waals surface area (Å²) in [5.74, 6) is 4.91. The molecule has 0 spiro atoms. The molecule has 0 aliphatic heterocycles. The first-order chi connectivity index (χ1) is 22.8. The summed E-state index contributed by atoms with van der Waals surface area (Å²) in [6, 6.07) is 0. The standard InChI is InChI=1S/C46H70O/c1-9-13-16-30-47-42-28-29-43-41(32-42)21-20-35(7)44(43)46(39-24-22-37(23-25-39)34(6)19-15-11-3)45-36(8)40(27-26-38(45)17-12-4)31-33(5)18-14-10-2/h11,19,21-22,24,27-29,31,34-36,38,42-46H,9-10,12-14,16-18,20,23,25-26,30,32H2,1-8H3/b33-31+. The summed E-state index contributed by atoms with van der Waals surface area (Å²) in [5.41, 5.74) is 11.5. The van der Waals surface area contributed by atoms with Crippen molar-refractivity contribution in [2.45, 2.75) is 145 Å². The van der Waals surface area contributed by atoms with Gasteiger partial charge in [-0.3, -0.25) is 0 Å². The Kier molecular flexibility index (Phi) is 15.4. The summed E-state index contributed by atoms with van der Waals surface area (Å²) < 4.78 is 6.43. The number of rotatable bonds is 16. The number of hydrogen-bond donors (Lipinski definition) is 0. The minimum Gasteiger partial charge on any atom is -0.374 e. The molecule has 47 heavy (non-hydrogen) atoms. The summed E-state index contributed by atoms with van der Waals surface area (Å²) in [6.45, 7) is 19.9. The van der Waals surface area contributed by atoms with Crippen molar-refractivity contribution in [2.24, 2.45) is 47.3 Å². The van der Waals surface area contributed by atoms with Gasteiger partial charge in [0, 0.05) is 18.4 Å². The van der Waals surface area contributed by atoms with Crippen molar-refractivity contribution in [3.63, 3.8) is 0 Å². The first-order valence-electron chi connectivity index (χ1n) is 19.9. The first kappa shape index (κ1) is 37.7. The van der Waals surface area contributed by atoms with E-state index in [1.54, 1.807) is 27.9 Å². The molecule has 1 heteroatoms. The highest BCUT2D eigenvalue weighted by Crippen LogP contribution is 2.55. The van der Waals surface area contributed by atoms with Crippen LogP contribution in [0.5, 0.6) is 0 Å². The van der Waals surface area contributed by atoms with Gasteiger partial charge in [-0.2, -0.15) is 0 Å². The van der Waals surface area contributed by atoms with Crippen LogP contribution in [0.15, 0.2) is 88.3 Å². The molecule has 9 atom stereocenters. The number of fused-ring (bicyclic) bond motifs is 1. The second-order valence-electron chi connectivity index (χ2n) is 15.7. The van der Waals surface area contributed by atoms with Crippen LogP contribution in [0.2, 0.25) is 0 Å². The van der Waals surface area contributed by atoms with Gasteiger partial charge in [-0.25, -0.2) is 0 Å². The SMILES string of the molecule is CC=C=CC(C)C1=CC=C(C(C2C(CCC)CC=C(/C=C(\C)CCCC)C2C)C2C(C)CC=C3CC(OCCCCC)C=CC32)CC1. The van der Waals surface area contributed by atoms with Crippen LogP contribution in [0.25, 0.3) is 0 Å². The van der Waals surface area contributed by atoms with E-state index < -0.39 is 0 Å². The van der Waals surface area contributed by atoms with Gasteiger partial charge in [0.1, 0.15) is 0 Å². The Bertz CT molecular complexity index is 1240. The quantitative estimate of drug-likeness (QED) is 0.0928. The maximum atomic E-state index is 6.43. The maximum Gasteiger partial charge on any atom is 0.0793 e. The summed E-state index contributed by atoms with van der Waals surface area (Å²) in [4.78, 5) is 0. The van der Waals surface area contributed by atoms with Crippen molar-refractivity contribution < 1.29 is 4.74 Å². The van der Waals surface area contributed by atoms with Crippen LogP contribution < -0.4 is 0 Å². The van der Waals surface area contributed by atoms with Crippen LogP contribution in [-0.4, -0.2) is 12.7 Å². The van der Waals surface area contributed by atoms with Crippen LogP contribution in [0.4, 0.5) is 0 Å². The molecule has 4 rings (SSSR count). The highest BCUT2D eigenvalue weighted by Gasteiger charge is 2.47. The van der Waals surface area contributed by atoms with Crippen LogP contribution in [0, 0.1) is 47.3 Å². The van der Waals surface area contributed by atoms with Crippen LogP contribution in [0.1, 0.15) is 139 Å². The predicted octanol–water partition coefficient (Wildman–Crippen LogP) is 13.5. The third-order valence-corrected chi connectivity index (χ3v) is 12.2. The van der Waals surface area contributed by atoms with Gasteiger partial charge in [-0.15, -0.1) is 5.73 Å². The molecule has 4 aliphatic rings. The largest absolute Gasteiger partial charge is 0.374 e. The Labute approximate surface area is 291 Å². The average molecular weight is 639 g/mol. The van der Waals surface area contributed by atoms with Crippen LogP contribution in [0.3, 0.4) is 0 Å². The fraction of sp³-hybridized carbons (Fsp3) is 0.674. The average Bonchev–Trinajstić information content (AvgIpc) is 3.08. The third kappa shape index (κ3) is 9.98. The zero-order chi connectivity index (χ0) is 33.8. The minimum atomic E-state index is 0.250. The van der Waals surface area contributed by atoms with E-state index in [9.17, 15) is 0 Å². The van der Waals surface area contributed by atoms with E-state index >= 15 is 0 Å². The van der Waals surface area contributed by atoms with Gasteiger partial charge in [0.2, 0.25) is 0 Å².